The van der Waals surface area contributed by atoms with E-state index in [1.165, 1.54) is 0 Å². The first kappa shape index (κ1) is 20.5. The van der Waals surface area contributed by atoms with Crippen molar-refractivity contribution in [1.29, 1.82) is 0 Å². The van der Waals surface area contributed by atoms with E-state index in [0.29, 0.717) is 23.5 Å². The molecule has 0 unspecified atom stereocenters. The number of benzene rings is 3. The van der Waals surface area contributed by atoms with Crippen molar-refractivity contribution in [2.24, 2.45) is 0 Å². The Morgan fingerprint density at radius 3 is 2.55 bits per heavy atom. The van der Waals surface area contributed by atoms with E-state index in [1.807, 2.05) is 67.6 Å². The highest BCUT2D eigenvalue weighted by molar-refractivity contribution is 5.92. The Labute approximate surface area is 180 Å². The van der Waals surface area contributed by atoms with Gasteiger partial charge < -0.3 is 19.5 Å². The predicted octanol–water partition coefficient (Wildman–Crippen LogP) is 4.04. The molecule has 6 nitrogen and oxygen atoms in total. The van der Waals surface area contributed by atoms with Gasteiger partial charge in [-0.1, -0.05) is 54.6 Å². The van der Waals surface area contributed by atoms with Gasteiger partial charge in [0.1, 0.15) is 0 Å². The minimum atomic E-state index is -0.516. The molecule has 1 atom stereocenters. The number of hydrogen-bond acceptors (Lipinski definition) is 5. The fourth-order valence-electron chi connectivity index (χ4n) is 3.45. The number of carbonyl (C=O) groups excluding carboxylic acids is 2. The number of hydrogen-bond donors (Lipinski definition) is 1. The molecular weight excluding hydrogens is 394 g/mol. The lowest BCUT2D eigenvalue weighted by molar-refractivity contribution is -0.124. The smallest absolute Gasteiger partial charge is 0.338 e. The molecule has 31 heavy (non-hydrogen) atoms. The van der Waals surface area contributed by atoms with E-state index in [4.69, 9.17) is 14.2 Å². The van der Waals surface area contributed by atoms with Gasteiger partial charge in [0.05, 0.1) is 11.6 Å². The lowest BCUT2D eigenvalue weighted by Gasteiger charge is -2.15. The summed E-state index contributed by atoms with van der Waals surface area (Å²) in [7, 11) is 0. The Balaban J connectivity index is 1.34. The van der Waals surface area contributed by atoms with E-state index in [9.17, 15) is 9.59 Å². The van der Waals surface area contributed by atoms with Crippen LogP contribution in [0.1, 0.15) is 40.0 Å². The van der Waals surface area contributed by atoms with Crippen LogP contribution in [0.3, 0.4) is 0 Å². The summed E-state index contributed by atoms with van der Waals surface area (Å²) in [6.45, 7) is 1.70. The summed E-state index contributed by atoms with van der Waals surface area (Å²) in [6.07, 6.45) is 0.611. The number of rotatable bonds is 7. The minimum absolute atomic E-state index is 0.196. The fraction of sp³-hybridized carbons (Fsp3) is 0.200. The summed E-state index contributed by atoms with van der Waals surface area (Å²) >= 11 is 0. The van der Waals surface area contributed by atoms with Crippen LogP contribution in [0.5, 0.6) is 11.5 Å². The maximum Gasteiger partial charge on any atom is 0.338 e. The van der Waals surface area contributed by atoms with E-state index < -0.39 is 5.97 Å². The number of nitrogens with one attached hydrogen (secondary N) is 1. The Bertz CT molecular complexity index is 1080. The lowest BCUT2D eigenvalue weighted by atomic mass is 10.00. The third-order valence-corrected chi connectivity index (χ3v) is 5.08. The van der Waals surface area contributed by atoms with Gasteiger partial charge in [-0.15, -0.1) is 0 Å². The van der Waals surface area contributed by atoms with Crippen LogP contribution >= 0.6 is 0 Å². The van der Waals surface area contributed by atoms with Gasteiger partial charge >= 0.3 is 5.97 Å². The van der Waals surface area contributed by atoms with Crippen molar-refractivity contribution in [2.45, 2.75) is 19.4 Å². The van der Waals surface area contributed by atoms with Crippen molar-refractivity contribution < 1.29 is 23.8 Å². The second-order valence-corrected chi connectivity index (χ2v) is 7.30. The predicted molar refractivity (Wildman–Crippen MR) is 115 cm³/mol. The third-order valence-electron chi connectivity index (χ3n) is 5.08. The van der Waals surface area contributed by atoms with Crippen LogP contribution in [0.2, 0.25) is 0 Å². The van der Waals surface area contributed by atoms with Gasteiger partial charge in [-0.25, -0.2) is 4.79 Å². The number of ether oxygens (including phenoxy) is 3. The molecule has 1 heterocycles. The highest BCUT2D eigenvalue weighted by atomic mass is 16.7. The van der Waals surface area contributed by atoms with Crippen LogP contribution in [0.4, 0.5) is 0 Å². The highest BCUT2D eigenvalue weighted by Crippen LogP contribution is 2.34. The Morgan fingerprint density at radius 2 is 1.71 bits per heavy atom. The van der Waals surface area contributed by atoms with E-state index in [1.54, 1.807) is 12.1 Å². The largest absolute Gasteiger partial charge is 0.454 e. The number of esters is 1. The van der Waals surface area contributed by atoms with Crippen molar-refractivity contribution >= 4 is 11.9 Å². The maximum atomic E-state index is 12.6. The van der Waals surface area contributed by atoms with Crippen LogP contribution in [-0.2, 0) is 16.0 Å². The van der Waals surface area contributed by atoms with E-state index in [-0.39, 0.29) is 25.3 Å². The van der Waals surface area contributed by atoms with Crippen molar-refractivity contribution in [3.63, 3.8) is 0 Å². The van der Waals surface area contributed by atoms with Crippen molar-refractivity contribution in [2.75, 3.05) is 13.4 Å². The van der Waals surface area contributed by atoms with Crippen molar-refractivity contribution in [3.05, 3.63) is 95.1 Å². The molecule has 3 aromatic rings. The van der Waals surface area contributed by atoms with Gasteiger partial charge in [-0.2, -0.15) is 0 Å². The van der Waals surface area contributed by atoms with Crippen molar-refractivity contribution in [1.82, 2.24) is 5.32 Å². The van der Waals surface area contributed by atoms with Crippen LogP contribution in [0, 0.1) is 0 Å². The van der Waals surface area contributed by atoms with E-state index in [0.717, 1.165) is 16.7 Å². The topological polar surface area (TPSA) is 73.9 Å². The maximum absolute atomic E-state index is 12.6. The molecule has 6 heteroatoms. The number of amides is 1. The van der Waals surface area contributed by atoms with E-state index >= 15 is 0 Å². The molecule has 0 fully saturated rings. The van der Waals surface area contributed by atoms with E-state index in [2.05, 4.69) is 5.32 Å². The Hall–Kier alpha value is -3.80. The molecule has 1 amide bonds. The average molecular weight is 417 g/mol. The highest BCUT2D eigenvalue weighted by Gasteiger charge is 2.18. The first-order valence-electron chi connectivity index (χ1n) is 10.1. The molecule has 0 radical (unpaired) electrons. The summed E-state index contributed by atoms with van der Waals surface area (Å²) in [4.78, 5) is 24.9. The van der Waals surface area contributed by atoms with Gasteiger partial charge in [0, 0.05) is 0 Å². The van der Waals surface area contributed by atoms with Crippen LogP contribution in [-0.4, -0.2) is 25.3 Å². The van der Waals surface area contributed by atoms with Gasteiger partial charge in [-0.3, -0.25) is 4.79 Å². The summed E-state index contributed by atoms with van der Waals surface area (Å²) in [5.74, 6) is 0.446. The van der Waals surface area contributed by atoms with Gasteiger partial charge in [0.2, 0.25) is 6.79 Å². The Morgan fingerprint density at radius 1 is 0.968 bits per heavy atom. The van der Waals surface area contributed by atoms with Gasteiger partial charge in [0.15, 0.2) is 18.1 Å². The normalized spacial score (nSPS) is 12.8. The second kappa shape index (κ2) is 9.34. The quantitative estimate of drug-likeness (QED) is 0.588. The van der Waals surface area contributed by atoms with Gasteiger partial charge in [0.25, 0.3) is 5.91 Å². The molecule has 0 aliphatic carbocycles. The molecule has 0 saturated heterocycles. The summed E-state index contributed by atoms with van der Waals surface area (Å²) in [5, 5.41) is 2.84. The SMILES string of the molecule is C[C@@H](NC(=O)COC(=O)c1ccccc1Cc1ccccc1)c1ccc2c(c1)OCO2. The zero-order chi connectivity index (χ0) is 21.6. The summed E-state index contributed by atoms with van der Waals surface area (Å²) in [6, 6.07) is 22.4. The summed E-state index contributed by atoms with van der Waals surface area (Å²) < 4.78 is 16.0. The third kappa shape index (κ3) is 5.04. The zero-order valence-electron chi connectivity index (χ0n) is 17.2. The lowest BCUT2D eigenvalue weighted by Crippen LogP contribution is -2.31. The molecular formula is C25H23NO5. The molecule has 0 spiro atoms. The molecule has 0 aromatic heterocycles. The Kier molecular flexibility index (Phi) is 6.17. The zero-order valence-corrected chi connectivity index (χ0v) is 17.2. The van der Waals surface area contributed by atoms with Crippen LogP contribution in [0.25, 0.3) is 0 Å². The number of fused-ring (bicyclic) bond motifs is 1. The second-order valence-electron chi connectivity index (χ2n) is 7.30. The minimum Gasteiger partial charge on any atom is -0.454 e. The molecule has 0 saturated carbocycles. The monoisotopic (exact) mass is 417 g/mol. The average Bonchev–Trinajstić information content (AvgIpc) is 3.26. The molecule has 1 aliphatic rings. The van der Waals surface area contributed by atoms with Gasteiger partial charge in [-0.05, 0) is 48.2 Å². The fourth-order valence-corrected chi connectivity index (χ4v) is 3.45. The summed E-state index contributed by atoms with van der Waals surface area (Å²) in [5.41, 5.74) is 3.28. The standard InChI is InChI=1S/C25H23NO5/c1-17(19-11-12-22-23(14-19)31-16-30-22)26-24(27)15-29-25(28)21-10-6-5-9-20(21)13-18-7-3-2-4-8-18/h2-12,14,17H,13,15-16H2,1H3,(H,26,27)/t17-/m1/s1. The van der Waals surface area contributed by atoms with Crippen LogP contribution < -0.4 is 14.8 Å². The molecule has 4 rings (SSSR count). The molecule has 0 bridgehead atoms. The molecule has 1 N–H and O–H groups in total. The first-order chi connectivity index (χ1) is 15.1. The molecule has 1 aliphatic heterocycles. The van der Waals surface area contributed by atoms with Crippen LogP contribution in [0.15, 0.2) is 72.8 Å². The molecule has 3 aromatic carbocycles. The molecule has 158 valence electrons. The number of carbonyl (C=O) groups is 2. The first-order valence-corrected chi connectivity index (χ1v) is 10.1. The van der Waals surface area contributed by atoms with Crippen molar-refractivity contribution in [3.8, 4) is 11.5 Å².